The molecular formula is Nd4O3S3. The van der Waals surface area contributed by atoms with Crippen LogP contribution in [0.4, 0.5) is 0 Å². The Bertz CT molecular complexity index is 15.7. The summed E-state index contributed by atoms with van der Waals surface area (Å²) in [6.07, 6.45) is 0. The van der Waals surface area contributed by atoms with Gasteiger partial charge in [0.1, 0.15) is 0 Å². The first kappa shape index (κ1) is 95.7. The predicted octanol–water partition coefficient (Wildman–Crippen LogP) is -0.364. The van der Waals surface area contributed by atoms with E-state index in [-0.39, 0.29) is 220 Å². The van der Waals surface area contributed by atoms with Gasteiger partial charge in [0.05, 0.1) is 0 Å². The molecule has 4 radical (unpaired) electrons. The third-order valence-electron chi connectivity index (χ3n) is 0. The molecule has 0 atom stereocenters. The van der Waals surface area contributed by atoms with Gasteiger partial charge in [-0.3, -0.25) is 0 Å². The summed E-state index contributed by atoms with van der Waals surface area (Å²) in [6, 6.07) is 0. The van der Waals surface area contributed by atoms with E-state index in [0.29, 0.717) is 0 Å². The zero-order valence-corrected chi connectivity index (χ0v) is 19.7. The summed E-state index contributed by atoms with van der Waals surface area (Å²) < 4.78 is 0. The molecule has 0 aromatic heterocycles. The Kier molecular flexibility index (Phi) is 752. The number of hydrogen-bond donors (Lipinski definition) is 0. The Hall–Kier alpha value is 6.33. The summed E-state index contributed by atoms with van der Waals surface area (Å²) in [5.74, 6) is 0. The van der Waals surface area contributed by atoms with Gasteiger partial charge in [-0.1, -0.05) is 0 Å². The smallest absolute Gasteiger partial charge is 2.00 e. The van der Waals surface area contributed by atoms with Crippen LogP contribution in [0.5, 0.6) is 0 Å². The van der Waals surface area contributed by atoms with Gasteiger partial charge >= 0.3 is 163 Å². The average Bonchev–Trinajstić information content (AvgIpc) is 0. The first-order chi connectivity index (χ1) is 0. The van der Waals surface area contributed by atoms with E-state index in [9.17, 15) is 0 Å². The summed E-state index contributed by atoms with van der Waals surface area (Å²) in [5.41, 5.74) is 0. The molecular weight excluding hydrogens is 721 g/mol. The summed E-state index contributed by atoms with van der Waals surface area (Å²) in [4.78, 5) is 0. The molecule has 0 spiro atoms. The van der Waals surface area contributed by atoms with Crippen molar-refractivity contribution in [1.82, 2.24) is 0 Å². The summed E-state index contributed by atoms with van der Waals surface area (Å²) in [7, 11) is 0. The number of rotatable bonds is 0. The zero-order chi connectivity index (χ0) is 0. The molecule has 0 aromatic carbocycles. The first-order valence-electron chi connectivity index (χ1n) is 0. The fourth-order valence-electron chi connectivity index (χ4n) is 0. The molecule has 3 nitrogen and oxygen atoms in total. The van der Waals surface area contributed by atoms with Crippen LogP contribution in [0.15, 0.2) is 0 Å². The van der Waals surface area contributed by atoms with E-state index in [0.717, 1.165) is 0 Å². The Balaban J connectivity index is 0. The normalized spacial score (nSPS) is 0. The van der Waals surface area contributed by atoms with Crippen molar-refractivity contribution in [1.29, 1.82) is 0 Å². The molecule has 10 heteroatoms. The van der Waals surface area contributed by atoms with Crippen molar-refractivity contribution in [3.8, 4) is 0 Å². The van der Waals surface area contributed by atoms with Crippen molar-refractivity contribution in [2.75, 3.05) is 0 Å². The van der Waals surface area contributed by atoms with Crippen LogP contribution < -0.4 is 0 Å². The molecule has 0 saturated carbocycles. The van der Waals surface area contributed by atoms with Crippen molar-refractivity contribution in [2.45, 2.75) is 0 Å². The van der Waals surface area contributed by atoms with Crippen molar-refractivity contribution in [2.24, 2.45) is 0 Å². The van der Waals surface area contributed by atoms with Crippen LogP contribution in [-0.2, 0) is 56.9 Å². The number of hydrogen-bond acceptors (Lipinski definition) is 0. The molecule has 0 aromatic rings. The summed E-state index contributed by atoms with van der Waals surface area (Å²) in [6.45, 7) is 0. The van der Waals surface area contributed by atoms with Crippen LogP contribution in [-0.4, -0.2) is 0 Å². The molecule has 0 aliphatic rings. The predicted molar refractivity (Wildman–Crippen MR) is 24.2 cm³/mol. The molecule has 0 N–H and O–H groups in total. The van der Waals surface area contributed by atoms with Crippen LogP contribution in [0, 0.1) is 163 Å². The standard InChI is InChI=1S/4Nd.3O.3S/q4*+3;6*-2. The molecule has 10 heavy (non-hydrogen) atoms. The fraction of sp³-hybridized carbons (Fsp3) is 0. The Morgan fingerprint density at radius 2 is 0.300 bits per heavy atom. The van der Waals surface area contributed by atoms with Gasteiger partial charge < -0.3 is 56.9 Å². The maximum Gasteiger partial charge on any atom is 3.00 e. The molecule has 0 rings (SSSR count). The summed E-state index contributed by atoms with van der Waals surface area (Å²) in [5, 5.41) is 0. The Morgan fingerprint density at radius 1 is 0.300 bits per heavy atom. The van der Waals surface area contributed by atoms with Crippen molar-refractivity contribution in [3.05, 3.63) is 0 Å². The van der Waals surface area contributed by atoms with Crippen molar-refractivity contribution >= 4 is 40.5 Å². The third kappa shape index (κ3) is 63.5. The quantitative estimate of drug-likeness (QED) is 0.328. The Morgan fingerprint density at radius 3 is 0.300 bits per heavy atom. The van der Waals surface area contributed by atoms with Gasteiger partial charge in [0, 0.05) is 0 Å². The third-order valence-corrected chi connectivity index (χ3v) is 0. The van der Waals surface area contributed by atoms with Gasteiger partial charge in [-0.2, -0.15) is 0 Å². The van der Waals surface area contributed by atoms with Gasteiger partial charge in [-0.05, 0) is 0 Å². The first-order valence-corrected chi connectivity index (χ1v) is 0. The average molecular weight is 721 g/mol. The van der Waals surface area contributed by atoms with Gasteiger partial charge in [0.15, 0.2) is 0 Å². The van der Waals surface area contributed by atoms with Gasteiger partial charge in [-0.15, -0.1) is 0 Å². The van der Waals surface area contributed by atoms with E-state index in [2.05, 4.69) is 0 Å². The summed E-state index contributed by atoms with van der Waals surface area (Å²) >= 11 is 0. The molecule has 0 aliphatic carbocycles. The van der Waals surface area contributed by atoms with Crippen LogP contribution >= 0.6 is 0 Å². The van der Waals surface area contributed by atoms with Gasteiger partial charge in [-0.25, -0.2) is 0 Å². The topological polar surface area (TPSA) is 85.5 Å². The molecule has 0 aliphatic heterocycles. The second-order valence-corrected chi connectivity index (χ2v) is 0. The fourth-order valence-corrected chi connectivity index (χ4v) is 0. The van der Waals surface area contributed by atoms with E-state index in [1.54, 1.807) is 0 Å². The molecule has 0 bridgehead atoms. The maximum atomic E-state index is 0. The Labute approximate surface area is 214 Å². The van der Waals surface area contributed by atoms with Gasteiger partial charge in [0.25, 0.3) is 0 Å². The molecule has 0 heterocycles. The minimum Gasteiger partial charge on any atom is -2.00 e. The molecule has 0 fully saturated rings. The zero-order valence-electron chi connectivity index (χ0n) is 4.45. The van der Waals surface area contributed by atoms with Crippen molar-refractivity contribution < 1.29 is 180 Å². The van der Waals surface area contributed by atoms with E-state index >= 15 is 0 Å². The second kappa shape index (κ2) is 78.5. The monoisotopic (exact) mass is 712 g/mol. The van der Waals surface area contributed by atoms with E-state index in [1.807, 2.05) is 0 Å². The van der Waals surface area contributed by atoms with Crippen LogP contribution in [0.25, 0.3) is 0 Å². The van der Waals surface area contributed by atoms with Crippen LogP contribution in [0.1, 0.15) is 0 Å². The van der Waals surface area contributed by atoms with E-state index in [1.165, 1.54) is 0 Å². The maximum absolute atomic E-state index is 0. The van der Waals surface area contributed by atoms with E-state index in [4.69, 9.17) is 0 Å². The minimum absolute atomic E-state index is 0. The second-order valence-electron chi connectivity index (χ2n) is 0. The van der Waals surface area contributed by atoms with Crippen LogP contribution in [0.3, 0.4) is 0 Å². The minimum atomic E-state index is 0. The van der Waals surface area contributed by atoms with Crippen molar-refractivity contribution in [3.63, 3.8) is 0 Å². The van der Waals surface area contributed by atoms with E-state index < -0.39 is 0 Å². The molecule has 0 unspecified atom stereocenters. The molecule has 0 amide bonds. The van der Waals surface area contributed by atoms with Gasteiger partial charge in [0.2, 0.25) is 0 Å². The molecule has 0 saturated heterocycles. The SMILES string of the molecule is [Nd+3].[Nd+3].[Nd+3].[Nd+3].[O-2].[O-2].[O-2].[S-2].[S-2].[S-2]. The van der Waals surface area contributed by atoms with Crippen LogP contribution in [0.2, 0.25) is 0 Å². The largest absolute Gasteiger partial charge is 3.00 e. The molecule has 52 valence electrons.